The fourth-order valence-corrected chi connectivity index (χ4v) is 4.08. The molecule has 0 amide bonds. The van der Waals surface area contributed by atoms with Crippen molar-refractivity contribution in [2.24, 2.45) is 0 Å². The number of hydrogen-bond donors (Lipinski definition) is 1. The van der Waals surface area contributed by atoms with Crippen molar-refractivity contribution in [3.63, 3.8) is 0 Å². The molecule has 0 aliphatic carbocycles. The maximum absolute atomic E-state index is 12.8. The van der Waals surface area contributed by atoms with Crippen molar-refractivity contribution in [3.8, 4) is 5.69 Å². The van der Waals surface area contributed by atoms with Gasteiger partial charge in [-0.25, -0.2) is 0 Å². The van der Waals surface area contributed by atoms with Gasteiger partial charge in [0.2, 0.25) is 0 Å². The van der Waals surface area contributed by atoms with Crippen LogP contribution in [0.3, 0.4) is 0 Å². The molecule has 0 aliphatic rings. The van der Waals surface area contributed by atoms with Crippen LogP contribution in [0.15, 0.2) is 27.5 Å². The van der Waals surface area contributed by atoms with Crippen LogP contribution in [-0.4, -0.2) is 9.55 Å². The minimum atomic E-state index is -0.107. The summed E-state index contributed by atoms with van der Waals surface area (Å²) in [6, 6.07) is 5.30. The number of halogens is 2. The van der Waals surface area contributed by atoms with Gasteiger partial charge in [0.1, 0.15) is 4.83 Å². The van der Waals surface area contributed by atoms with Crippen molar-refractivity contribution in [1.82, 2.24) is 9.55 Å². The van der Waals surface area contributed by atoms with E-state index < -0.39 is 0 Å². The van der Waals surface area contributed by atoms with Gasteiger partial charge in [0.05, 0.1) is 16.1 Å². The average molecular weight is 402 g/mol. The van der Waals surface area contributed by atoms with Crippen molar-refractivity contribution >= 4 is 61.3 Å². The molecule has 3 rings (SSSR count). The number of aryl methyl sites for hydroxylation is 2. The third-order valence-corrected chi connectivity index (χ3v) is 6.01. The summed E-state index contributed by atoms with van der Waals surface area (Å²) in [6.07, 6.45) is 0. The number of aromatic nitrogens is 2. The summed E-state index contributed by atoms with van der Waals surface area (Å²) >= 11 is 16.3. The van der Waals surface area contributed by atoms with Crippen LogP contribution in [0.25, 0.3) is 15.9 Å². The molecule has 0 fully saturated rings. The predicted octanol–water partition coefficient (Wildman–Crippen LogP) is 5.14. The molecule has 3 nitrogen and oxygen atoms in total. The Morgan fingerprint density at radius 2 is 2.10 bits per heavy atom. The minimum absolute atomic E-state index is 0.107. The van der Waals surface area contributed by atoms with Gasteiger partial charge >= 0.3 is 0 Å². The van der Waals surface area contributed by atoms with Gasteiger partial charge in [-0.3, -0.25) is 9.36 Å². The van der Waals surface area contributed by atoms with Crippen LogP contribution in [0.1, 0.15) is 10.4 Å². The zero-order valence-corrected chi connectivity index (χ0v) is 15.1. The van der Waals surface area contributed by atoms with E-state index in [1.807, 2.05) is 13.8 Å². The highest BCUT2D eigenvalue weighted by atomic mass is 79.9. The number of H-pyrrole nitrogens is 1. The number of fused-ring (bicyclic) bond motifs is 1. The molecule has 0 aliphatic heterocycles. The van der Waals surface area contributed by atoms with E-state index in [4.69, 9.17) is 23.8 Å². The van der Waals surface area contributed by atoms with Gasteiger partial charge < -0.3 is 4.98 Å². The SMILES string of the molecule is Cc1sc2[nH]c(=S)n(-c3ccc(Cl)c(Br)c3)c(=O)c2c1C. The van der Waals surface area contributed by atoms with Gasteiger partial charge in [0.15, 0.2) is 4.77 Å². The quantitative estimate of drug-likeness (QED) is 0.573. The second-order valence-electron chi connectivity index (χ2n) is 4.66. The van der Waals surface area contributed by atoms with Crippen LogP contribution in [-0.2, 0) is 0 Å². The Morgan fingerprint density at radius 3 is 2.76 bits per heavy atom. The third kappa shape index (κ3) is 2.40. The van der Waals surface area contributed by atoms with E-state index in [-0.39, 0.29) is 5.56 Å². The Balaban J connectivity index is 2.42. The van der Waals surface area contributed by atoms with E-state index in [2.05, 4.69) is 20.9 Å². The summed E-state index contributed by atoms with van der Waals surface area (Å²) in [6.45, 7) is 3.95. The summed E-state index contributed by atoms with van der Waals surface area (Å²) < 4.78 is 2.60. The number of aromatic amines is 1. The smallest absolute Gasteiger partial charge is 0.267 e. The predicted molar refractivity (Wildman–Crippen MR) is 94.8 cm³/mol. The Bertz CT molecular complexity index is 987. The van der Waals surface area contributed by atoms with Crippen LogP contribution >= 0.6 is 51.1 Å². The summed E-state index contributed by atoms with van der Waals surface area (Å²) in [5.41, 5.74) is 1.57. The second kappa shape index (κ2) is 5.35. The molecule has 1 N–H and O–H groups in total. The molecule has 0 saturated heterocycles. The first-order valence-electron chi connectivity index (χ1n) is 6.10. The zero-order chi connectivity index (χ0) is 15.3. The zero-order valence-electron chi connectivity index (χ0n) is 11.2. The normalized spacial score (nSPS) is 11.2. The van der Waals surface area contributed by atoms with Gasteiger partial charge in [-0.2, -0.15) is 0 Å². The molecule has 108 valence electrons. The van der Waals surface area contributed by atoms with Crippen molar-refractivity contribution in [3.05, 3.63) is 53.3 Å². The molecule has 0 bridgehead atoms. The van der Waals surface area contributed by atoms with E-state index >= 15 is 0 Å². The molecular weight excluding hydrogens is 392 g/mol. The third-order valence-electron chi connectivity index (χ3n) is 3.39. The summed E-state index contributed by atoms with van der Waals surface area (Å²) in [7, 11) is 0. The molecule has 3 aromatic rings. The summed E-state index contributed by atoms with van der Waals surface area (Å²) in [5, 5.41) is 1.28. The molecule has 0 radical (unpaired) electrons. The maximum atomic E-state index is 12.8. The molecule has 1 aromatic carbocycles. The monoisotopic (exact) mass is 400 g/mol. The Labute approximate surface area is 143 Å². The molecular formula is C14H10BrClN2OS2. The van der Waals surface area contributed by atoms with Gasteiger partial charge in [-0.1, -0.05) is 11.6 Å². The second-order valence-corrected chi connectivity index (χ2v) is 7.53. The molecule has 0 spiro atoms. The van der Waals surface area contributed by atoms with Crippen molar-refractivity contribution in [2.45, 2.75) is 13.8 Å². The van der Waals surface area contributed by atoms with Crippen LogP contribution in [0, 0.1) is 18.6 Å². The highest BCUT2D eigenvalue weighted by Gasteiger charge is 2.14. The van der Waals surface area contributed by atoms with Crippen molar-refractivity contribution < 1.29 is 0 Å². The number of nitrogens with zero attached hydrogens (tertiary/aromatic N) is 1. The van der Waals surface area contributed by atoms with E-state index in [0.29, 0.717) is 20.9 Å². The molecule has 2 aromatic heterocycles. The summed E-state index contributed by atoms with van der Waals surface area (Å²) in [5.74, 6) is 0. The maximum Gasteiger partial charge on any atom is 0.267 e. The topological polar surface area (TPSA) is 37.8 Å². The average Bonchev–Trinajstić information content (AvgIpc) is 2.69. The van der Waals surface area contributed by atoms with E-state index in [0.717, 1.165) is 19.7 Å². The lowest BCUT2D eigenvalue weighted by Gasteiger charge is -2.08. The Kier molecular flexibility index (Phi) is 3.81. The molecule has 0 unspecified atom stereocenters. The van der Waals surface area contributed by atoms with Gasteiger partial charge in [0, 0.05) is 9.35 Å². The number of hydrogen-bond acceptors (Lipinski definition) is 3. The van der Waals surface area contributed by atoms with Crippen LogP contribution in [0.2, 0.25) is 5.02 Å². The molecule has 0 saturated carbocycles. The van der Waals surface area contributed by atoms with Gasteiger partial charge in [-0.15, -0.1) is 11.3 Å². The lowest BCUT2D eigenvalue weighted by Crippen LogP contribution is -2.20. The Morgan fingerprint density at radius 1 is 1.38 bits per heavy atom. The van der Waals surface area contributed by atoms with Gasteiger partial charge in [0.25, 0.3) is 5.56 Å². The molecule has 7 heteroatoms. The highest BCUT2D eigenvalue weighted by molar-refractivity contribution is 9.10. The lowest BCUT2D eigenvalue weighted by molar-refractivity contribution is 0.941. The first kappa shape index (κ1) is 15.0. The fraction of sp³-hybridized carbons (Fsp3) is 0.143. The number of thiophene rings is 1. The van der Waals surface area contributed by atoms with Crippen LogP contribution in [0.4, 0.5) is 0 Å². The standard InChI is InChI=1S/C14H10BrClN2OS2/c1-6-7(2)21-12-11(6)13(19)18(14(20)17-12)8-3-4-10(16)9(15)5-8/h3-5H,1-2H3,(H,17,20). The first-order valence-corrected chi connectivity index (χ1v) is 8.50. The number of nitrogens with one attached hydrogen (secondary N) is 1. The van der Waals surface area contributed by atoms with Crippen LogP contribution < -0.4 is 5.56 Å². The lowest BCUT2D eigenvalue weighted by atomic mass is 10.2. The van der Waals surface area contributed by atoms with Crippen molar-refractivity contribution in [2.75, 3.05) is 0 Å². The molecule has 21 heavy (non-hydrogen) atoms. The molecule has 2 heterocycles. The number of rotatable bonds is 1. The minimum Gasteiger partial charge on any atom is -0.323 e. The van der Waals surface area contributed by atoms with E-state index in [9.17, 15) is 4.79 Å². The number of benzene rings is 1. The molecule has 0 atom stereocenters. The largest absolute Gasteiger partial charge is 0.323 e. The summed E-state index contributed by atoms with van der Waals surface area (Å²) in [4.78, 5) is 17.9. The highest BCUT2D eigenvalue weighted by Crippen LogP contribution is 2.28. The fourth-order valence-electron chi connectivity index (χ4n) is 2.19. The van der Waals surface area contributed by atoms with E-state index in [1.165, 1.54) is 4.57 Å². The van der Waals surface area contributed by atoms with Crippen LogP contribution in [0.5, 0.6) is 0 Å². The first-order chi connectivity index (χ1) is 9.90. The van der Waals surface area contributed by atoms with E-state index in [1.54, 1.807) is 29.5 Å². The van der Waals surface area contributed by atoms with Gasteiger partial charge in [-0.05, 0) is 65.8 Å². The van der Waals surface area contributed by atoms with Crippen molar-refractivity contribution in [1.29, 1.82) is 0 Å². The Hall–Kier alpha value is -0.950.